The molecule has 8 nitrogen and oxygen atoms in total. The SMILES string of the molecule is CC/C=C\C/C=C\C/C=C\C/C=C\C/C=C\CCCCOCC(COP(=O)([O-])OCC[N+](C)(C)C)OC(=O)CCCCCCCCCCCCCCCCCCCC. The Kier molecular flexibility index (Phi) is 40.6. The van der Waals surface area contributed by atoms with Gasteiger partial charge in [0.25, 0.3) is 7.82 Å². The van der Waals surface area contributed by atoms with Crippen molar-refractivity contribution >= 4 is 13.8 Å². The number of rotatable bonds is 43. The Bertz CT molecular complexity index is 1110. The van der Waals surface area contributed by atoms with Gasteiger partial charge in [0.05, 0.1) is 34.4 Å². The summed E-state index contributed by atoms with van der Waals surface area (Å²) in [5.74, 6) is -0.348. The number of nitrogens with zero attached hydrogens (tertiary/aromatic N) is 1. The summed E-state index contributed by atoms with van der Waals surface area (Å²) in [6.07, 6.45) is 52.4. The predicted octanol–water partition coefficient (Wildman–Crippen LogP) is 13.5. The zero-order chi connectivity index (χ0) is 42.7. The highest BCUT2D eigenvalue weighted by atomic mass is 31.2. The lowest BCUT2D eigenvalue weighted by atomic mass is 10.0. The number of hydrogen-bond acceptors (Lipinski definition) is 7. The minimum absolute atomic E-state index is 0.0163. The van der Waals surface area contributed by atoms with E-state index in [4.69, 9.17) is 18.5 Å². The standard InChI is InChI=1S/C49H90NO7P/c1-6-8-10-12-14-16-18-20-22-24-26-28-30-32-34-36-38-40-42-49(51)57-48(47-56-58(52,53)55-45-43-50(3,4)5)46-54-44-41-39-37-35-33-31-29-27-25-23-21-19-17-15-13-11-9-7-2/h9,11,15,17,21,23,27,29,33,35,48H,6-8,10,12-14,16,18-20,22,24-26,28,30-32,34,36-47H2,1-5H3/b11-9-,17-15-,23-21-,29-27-,35-33-. The molecule has 0 aromatic rings. The smallest absolute Gasteiger partial charge is 0.306 e. The van der Waals surface area contributed by atoms with Crippen molar-refractivity contribution in [3.63, 3.8) is 0 Å². The normalized spacial score (nSPS) is 14.2. The van der Waals surface area contributed by atoms with Crippen molar-refractivity contribution < 1.29 is 37.3 Å². The first-order valence-electron chi connectivity index (χ1n) is 23.5. The summed E-state index contributed by atoms with van der Waals surface area (Å²) in [7, 11) is 1.33. The number of unbranched alkanes of at least 4 members (excludes halogenated alkanes) is 19. The molecule has 0 fully saturated rings. The second kappa shape index (κ2) is 41.9. The van der Waals surface area contributed by atoms with Gasteiger partial charge in [-0.1, -0.05) is 184 Å². The van der Waals surface area contributed by atoms with Gasteiger partial charge in [0.2, 0.25) is 0 Å². The van der Waals surface area contributed by atoms with E-state index >= 15 is 0 Å². The number of ether oxygens (including phenoxy) is 2. The molecular weight excluding hydrogens is 746 g/mol. The number of phosphoric ester groups is 1. The fourth-order valence-electron chi connectivity index (χ4n) is 6.22. The molecule has 0 radical (unpaired) electrons. The van der Waals surface area contributed by atoms with E-state index in [0.717, 1.165) is 70.6 Å². The van der Waals surface area contributed by atoms with Crippen LogP contribution < -0.4 is 4.89 Å². The number of carbonyl (C=O) groups excluding carboxylic acids is 1. The molecule has 0 saturated carbocycles. The average Bonchev–Trinajstić information content (AvgIpc) is 3.18. The summed E-state index contributed by atoms with van der Waals surface area (Å²) in [6, 6.07) is 0. The maximum Gasteiger partial charge on any atom is 0.306 e. The third kappa shape index (κ3) is 45.3. The first kappa shape index (κ1) is 56.2. The molecule has 0 aromatic carbocycles. The molecule has 0 amide bonds. The van der Waals surface area contributed by atoms with E-state index in [1.807, 2.05) is 21.1 Å². The topological polar surface area (TPSA) is 94.1 Å². The zero-order valence-electron chi connectivity index (χ0n) is 38.2. The van der Waals surface area contributed by atoms with Gasteiger partial charge < -0.3 is 27.9 Å². The molecule has 0 N–H and O–H groups in total. The number of phosphoric acid groups is 1. The van der Waals surface area contributed by atoms with Crippen LogP contribution in [0.3, 0.4) is 0 Å². The van der Waals surface area contributed by atoms with Gasteiger partial charge >= 0.3 is 5.97 Å². The number of carbonyl (C=O) groups is 1. The summed E-state index contributed by atoms with van der Waals surface area (Å²) in [5, 5.41) is 0. The molecule has 0 aliphatic carbocycles. The monoisotopic (exact) mass is 836 g/mol. The molecule has 0 spiro atoms. The minimum Gasteiger partial charge on any atom is -0.756 e. The van der Waals surface area contributed by atoms with Crippen molar-refractivity contribution in [1.82, 2.24) is 0 Å². The highest BCUT2D eigenvalue weighted by Gasteiger charge is 2.20. The Balaban J connectivity index is 4.27. The van der Waals surface area contributed by atoms with Gasteiger partial charge in [-0.2, -0.15) is 0 Å². The van der Waals surface area contributed by atoms with Crippen LogP contribution in [0.5, 0.6) is 0 Å². The molecule has 0 aromatic heterocycles. The van der Waals surface area contributed by atoms with Crippen LogP contribution in [0.2, 0.25) is 0 Å². The minimum atomic E-state index is -4.54. The van der Waals surface area contributed by atoms with Crippen LogP contribution in [0.4, 0.5) is 0 Å². The highest BCUT2D eigenvalue weighted by molar-refractivity contribution is 7.45. The Morgan fingerprint density at radius 1 is 0.552 bits per heavy atom. The van der Waals surface area contributed by atoms with Gasteiger partial charge in [0, 0.05) is 13.0 Å². The molecule has 0 aliphatic heterocycles. The van der Waals surface area contributed by atoms with Crippen molar-refractivity contribution in [3.05, 3.63) is 60.8 Å². The maximum atomic E-state index is 12.7. The van der Waals surface area contributed by atoms with Crippen molar-refractivity contribution in [2.45, 2.75) is 193 Å². The Morgan fingerprint density at radius 2 is 1.00 bits per heavy atom. The van der Waals surface area contributed by atoms with Gasteiger partial charge in [-0.3, -0.25) is 9.36 Å². The molecule has 0 saturated heterocycles. The molecule has 0 aliphatic rings. The molecule has 0 bridgehead atoms. The number of hydrogen-bond donors (Lipinski definition) is 0. The van der Waals surface area contributed by atoms with Crippen molar-refractivity contribution in [2.24, 2.45) is 0 Å². The number of esters is 1. The first-order valence-corrected chi connectivity index (χ1v) is 25.0. The summed E-state index contributed by atoms with van der Waals surface area (Å²) < 4.78 is 34.6. The Morgan fingerprint density at radius 3 is 1.47 bits per heavy atom. The van der Waals surface area contributed by atoms with E-state index in [2.05, 4.69) is 74.6 Å². The predicted molar refractivity (Wildman–Crippen MR) is 245 cm³/mol. The number of quaternary nitrogens is 1. The molecule has 2 unspecified atom stereocenters. The van der Waals surface area contributed by atoms with Gasteiger partial charge in [-0.05, 0) is 57.8 Å². The van der Waals surface area contributed by atoms with E-state index in [1.165, 1.54) is 96.3 Å². The van der Waals surface area contributed by atoms with Crippen LogP contribution in [0.15, 0.2) is 60.8 Å². The van der Waals surface area contributed by atoms with Gasteiger partial charge in [0.1, 0.15) is 19.3 Å². The number of likely N-dealkylation sites (N-methyl/N-ethyl adjacent to an activating group) is 1. The van der Waals surface area contributed by atoms with Crippen LogP contribution >= 0.6 is 7.82 Å². The van der Waals surface area contributed by atoms with Crippen LogP contribution in [0.1, 0.15) is 187 Å². The Labute approximate surface area is 358 Å². The van der Waals surface area contributed by atoms with E-state index < -0.39 is 13.9 Å². The van der Waals surface area contributed by atoms with Crippen molar-refractivity contribution in [3.8, 4) is 0 Å². The molecule has 0 rings (SSSR count). The lowest BCUT2D eigenvalue weighted by Gasteiger charge is -2.28. The molecule has 58 heavy (non-hydrogen) atoms. The first-order chi connectivity index (χ1) is 28.1. The second-order valence-corrected chi connectivity index (χ2v) is 18.2. The average molecular weight is 836 g/mol. The summed E-state index contributed by atoms with van der Waals surface area (Å²) in [5.41, 5.74) is 0. The van der Waals surface area contributed by atoms with E-state index in [1.54, 1.807) is 0 Å². The lowest BCUT2D eigenvalue weighted by molar-refractivity contribution is -0.870. The largest absolute Gasteiger partial charge is 0.756 e. The van der Waals surface area contributed by atoms with Crippen molar-refractivity contribution in [1.29, 1.82) is 0 Å². The maximum absolute atomic E-state index is 12.7. The zero-order valence-corrected chi connectivity index (χ0v) is 39.1. The van der Waals surface area contributed by atoms with Crippen molar-refractivity contribution in [2.75, 3.05) is 54.1 Å². The van der Waals surface area contributed by atoms with E-state index in [-0.39, 0.29) is 25.8 Å². The summed E-state index contributed by atoms with van der Waals surface area (Å²) >= 11 is 0. The Hall–Kier alpha value is -1.80. The molecule has 0 heterocycles. The van der Waals surface area contributed by atoms with E-state index in [0.29, 0.717) is 24.1 Å². The summed E-state index contributed by atoms with van der Waals surface area (Å²) in [6.45, 7) is 5.20. The number of allylic oxidation sites excluding steroid dienone is 10. The summed E-state index contributed by atoms with van der Waals surface area (Å²) in [4.78, 5) is 25.1. The molecule has 2 atom stereocenters. The molecule has 338 valence electrons. The fraction of sp³-hybridized carbons (Fsp3) is 0.776. The van der Waals surface area contributed by atoms with Crippen LogP contribution in [0.25, 0.3) is 0 Å². The van der Waals surface area contributed by atoms with Crippen LogP contribution in [-0.4, -0.2) is 70.7 Å². The third-order valence-electron chi connectivity index (χ3n) is 9.83. The van der Waals surface area contributed by atoms with E-state index in [9.17, 15) is 14.3 Å². The van der Waals surface area contributed by atoms with Gasteiger partial charge in [0.15, 0.2) is 0 Å². The van der Waals surface area contributed by atoms with Gasteiger partial charge in [-0.25, -0.2) is 0 Å². The van der Waals surface area contributed by atoms with Crippen LogP contribution in [-0.2, 0) is 27.9 Å². The highest BCUT2D eigenvalue weighted by Crippen LogP contribution is 2.38. The quantitative estimate of drug-likeness (QED) is 0.0198. The van der Waals surface area contributed by atoms with Crippen LogP contribution in [0, 0.1) is 0 Å². The fourth-order valence-corrected chi connectivity index (χ4v) is 6.95. The molecular formula is C49H90NO7P. The lowest BCUT2D eigenvalue weighted by Crippen LogP contribution is -2.37. The molecule has 9 heteroatoms. The van der Waals surface area contributed by atoms with Gasteiger partial charge in [-0.15, -0.1) is 0 Å². The second-order valence-electron chi connectivity index (χ2n) is 16.7. The third-order valence-corrected chi connectivity index (χ3v) is 10.8.